The maximum atomic E-state index is 13.3. The van der Waals surface area contributed by atoms with Gasteiger partial charge < -0.3 is 5.32 Å². The third-order valence-electron chi connectivity index (χ3n) is 4.35. The van der Waals surface area contributed by atoms with Gasteiger partial charge in [0.1, 0.15) is 5.25 Å². The molecule has 1 atom stereocenters. The lowest BCUT2D eigenvalue weighted by atomic mass is 10.2. The molecule has 1 unspecified atom stereocenters. The highest BCUT2D eigenvalue weighted by molar-refractivity contribution is 9.10. The van der Waals surface area contributed by atoms with Crippen LogP contribution in [0.5, 0.6) is 0 Å². The second kappa shape index (κ2) is 8.67. The van der Waals surface area contributed by atoms with Gasteiger partial charge >= 0.3 is 0 Å². The lowest BCUT2D eigenvalue weighted by Crippen LogP contribution is -2.32. The number of carbonyl (C=O) groups is 1. The first-order chi connectivity index (χ1) is 13.4. The number of pyridine rings is 1. The van der Waals surface area contributed by atoms with Gasteiger partial charge in [0.2, 0.25) is 0 Å². The number of sulfone groups is 1. The van der Waals surface area contributed by atoms with E-state index >= 15 is 0 Å². The summed E-state index contributed by atoms with van der Waals surface area (Å²) in [5, 5.41) is 1.80. The number of hydrogen-bond donors (Lipinski definition) is 1. The van der Waals surface area contributed by atoms with Gasteiger partial charge in [-0.2, -0.15) is 0 Å². The van der Waals surface area contributed by atoms with E-state index in [0.717, 1.165) is 5.56 Å². The Labute approximate surface area is 172 Å². The normalized spacial score (nSPS) is 12.4. The Morgan fingerprint density at radius 3 is 2.43 bits per heavy atom. The molecule has 0 spiro atoms. The molecule has 0 aliphatic rings. The molecule has 0 fully saturated rings. The van der Waals surface area contributed by atoms with E-state index < -0.39 is 15.1 Å². The molecular weight excluding hydrogens is 440 g/mol. The van der Waals surface area contributed by atoms with Crippen molar-refractivity contribution in [3.63, 3.8) is 0 Å². The van der Waals surface area contributed by atoms with E-state index in [1.165, 1.54) is 6.20 Å². The average molecular weight is 459 g/mol. The van der Waals surface area contributed by atoms with E-state index in [0.29, 0.717) is 15.6 Å². The number of halogens is 1. The van der Waals surface area contributed by atoms with Crippen molar-refractivity contribution in [3.05, 3.63) is 94.2 Å². The highest BCUT2D eigenvalue weighted by Gasteiger charge is 2.30. The molecule has 3 aromatic rings. The monoisotopic (exact) mass is 458 g/mol. The fraction of sp³-hybridized carbons (Fsp3) is 0.143. The minimum absolute atomic E-state index is 0.0674. The Kier molecular flexibility index (Phi) is 6.26. The smallest absolute Gasteiger partial charge is 0.252 e. The summed E-state index contributed by atoms with van der Waals surface area (Å²) in [4.78, 5) is 16.8. The average Bonchev–Trinajstić information content (AvgIpc) is 2.69. The van der Waals surface area contributed by atoms with Gasteiger partial charge in [-0.3, -0.25) is 9.78 Å². The van der Waals surface area contributed by atoms with Crippen molar-refractivity contribution < 1.29 is 13.2 Å². The second-order valence-corrected chi connectivity index (χ2v) is 9.31. The summed E-state index contributed by atoms with van der Waals surface area (Å²) in [6, 6.07) is 17.1. The Morgan fingerprint density at radius 2 is 1.79 bits per heavy atom. The van der Waals surface area contributed by atoms with Crippen LogP contribution in [-0.4, -0.2) is 25.9 Å². The number of hydrogen-bond acceptors (Lipinski definition) is 4. The van der Waals surface area contributed by atoms with Crippen LogP contribution in [0.1, 0.15) is 26.7 Å². The summed E-state index contributed by atoms with van der Waals surface area (Å²) >= 11 is 3.34. The molecule has 3 rings (SSSR count). The molecule has 1 heterocycles. The summed E-state index contributed by atoms with van der Waals surface area (Å²) < 4.78 is 27.2. The molecule has 1 N–H and O–H groups in total. The maximum absolute atomic E-state index is 13.3. The van der Waals surface area contributed by atoms with Crippen LogP contribution in [0.25, 0.3) is 0 Å². The number of nitrogens with zero attached hydrogens (tertiary/aromatic N) is 1. The molecule has 7 heteroatoms. The molecule has 1 amide bonds. The third kappa shape index (κ3) is 4.48. The SMILES string of the molecule is Cc1ccc(S(=O)(=O)C(CNC(=O)c2ccccc2Br)c2cccnc2)cc1. The van der Waals surface area contributed by atoms with Gasteiger partial charge in [0, 0.05) is 23.4 Å². The lowest BCUT2D eigenvalue weighted by molar-refractivity contribution is 0.0953. The van der Waals surface area contributed by atoms with E-state index in [1.54, 1.807) is 66.9 Å². The minimum atomic E-state index is -3.73. The van der Waals surface area contributed by atoms with Gasteiger partial charge in [0.15, 0.2) is 9.84 Å². The minimum Gasteiger partial charge on any atom is -0.350 e. The van der Waals surface area contributed by atoms with Crippen LogP contribution in [0.15, 0.2) is 82.4 Å². The topological polar surface area (TPSA) is 76.1 Å². The van der Waals surface area contributed by atoms with Gasteiger partial charge in [0.05, 0.1) is 10.5 Å². The van der Waals surface area contributed by atoms with Gasteiger partial charge in [-0.15, -0.1) is 0 Å². The molecule has 0 saturated carbocycles. The van der Waals surface area contributed by atoms with Crippen LogP contribution in [0.3, 0.4) is 0 Å². The van der Waals surface area contributed by atoms with Gasteiger partial charge in [0.25, 0.3) is 5.91 Å². The summed E-state index contributed by atoms with van der Waals surface area (Å²) in [5.74, 6) is -0.347. The first kappa shape index (κ1) is 20.2. The number of aryl methyl sites for hydroxylation is 1. The van der Waals surface area contributed by atoms with Crippen molar-refractivity contribution in [2.75, 3.05) is 6.54 Å². The van der Waals surface area contributed by atoms with Crippen molar-refractivity contribution in [2.24, 2.45) is 0 Å². The second-order valence-electron chi connectivity index (χ2n) is 6.32. The van der Waals surface area contributed by atoms with Crippen molar-refractivity contribution in [1.29, 1.82) is 0 Å². The summed E-state index contributed by atoms with van der Waals surface area (Å²) in [6.07, 6.45) is 3.10. The van der Waals surface area contributed by atoms with E-state index in [1.807, 2.05) is 6.92 Å². The van der Waals surface area contributed by atoms with E-state index in [4.69, 9.17) is 0 Å². The van der Waals surface area contributed by atoms with Crippen LogP contribution >= 0.6 is 15.9 Å². The Balaban J connectivity index is 1.91. The molecule has 0 aliphatic heterocycles. The number of nitrogens with one attached hydrogen (secondary N) is 1. The molecular formula is C21H19BrN2O3S. The summed E-state index contributed by atoms with van der Waals surface area (Å²) in [7, 11) is -3.73. The molecule has 28 heavy (non-hydrogen) atoms. The Morgan fingerprint density at radius 1 is 1.07 bits per heavy atom. The molecule has 0 radical (unpaired) electrons. The number of rotatable bonds is 6. The van der Waals surface area contributed by atoms with Crippen LogP contribution in [-0.2, 0) is 9.84 Å². The zero-order valence-electron chi connectivity index (χ0n) is 15.2. The van der Waals surface area contributed by atoms with Crippen molar-refractivity contribution in [3.8, 4) is 0 Å². The van der Waals surface area contributed by atoms with Crippen molar-refractivity contribution >= 4 is 31.7 Å². The number of benzene rings is 2. The van der Waals surface area contributed by atoms with Gasteiger partial charge in [-0.05, 0) is 58.7 Å². The standard InChI is InChI=1S/C21H19BrN2O3S/c1-15-8-10-17(11-9-15)28(26,27)20(16-5-4-12-23-13-16)14-24-21(25)18-6-2-3-7-19(18)22/h2-13,20H,14H2,1H3,(H,24,25). The predicted molar refractivity (Wildman–Crippen MR) is 112 cm³/mol. The molecule has 0 aliphatic carbocycles. The van der Waals surface area contributed by atoms with E-state index in [-0.39, 0.29) is 17.3 Å². The fourth-order valence-electron chi connectivity index (χ4n) is 2.79. The predicted octanol–water partition coefficient (Wildman–Crippen LogP) is 4.10. The first-order valence-corrected chi connectivity index (χ1v) is 11.0. The fourth-order valence-corrected chi connectivity index (χ4v) is 4.90. The number of carbonyl (C=O) groups excluding carboxylic acids is 1. The number of aromatic nitrogens is 1. The van der Waals surface area contributed by atoms with Crippen molar-refractivity contribution in [2.45, 2.75) is 17.1 Å². The molecule has 2 aromatic carbocycles. The van der Waals surface area contributed by atoms with Crippen LogP contribution in [0.2, 0.25) is 0 Å². The highest BCUT2D eigenvalue weighted by Crippen LogP contribution is 2.28. The largest absolute Gasteiger partial charge is 0.350 e. The van der Waals surface area contributed by atoms with Gasteiger partial charge in [-0.25, -0.2) is 8.42 Å². The maximum Gasteiger partial charge on any atom is 0.252 e. The van der Waals surface area contributed by atoms with E-state index in [9.17, 15) is 13.2 Å². The summed E-state index contributed by atoms with van der Waals surface area (Å²) in [6.45, 7) is 1.83. The lowest BCUT2D eigenvalue weighted by Gasteiger charge is -2.19. The van der Waals surface area contributed by atoms with Gasteiger partial charge in [-0.1, -0.05) is 35.9 Å². The Hall–Kier alpha value is -2.51. The first-order valence-electron chi connectivity index (χ1n) is 8.63. The van der Waals surface area contributed by atoms with Crippen LogP contribution in [0, 0.1) is 6.92 Å². The zero-order valence-corrected chi connectivity index (χ0v) is 17.6. The molecule has 0 saturated heterocycles. The van der Waals surface area contributed by atoms with E-state index in [2.05, 4.69) is 26.2 Å². The molecule has 1 aromatic heterocycles. The third-order valence-corrected chi connectivity index (χ3v) is 7.16. The zero-order chi connectivity index (χ0) is 20.1. The molecule has 144 valence electrons. The van der Waals surface area contributed by atoms with Crippen molar-refractivity contribution in [1.82, 2.24) is 10.3 Å². The molecule has 5 nitrogen and oxygen atoms in total. The van der Waals surface area contributed by atoms with Crippen LogP contribution in [0.4, 0.5) is 0 Å². The quantitative estimate of drug-likeness (QED) is 0.603. The number of amides is 1. The van der Waals surface area contributed by atoms with Crippen LogP contribution < -0.4 is 5.32 Å². The highest BCUT2D eigenvalue weighted by atomic mass is 79.9. The molecule has 0 bridgehead atoms. The Bertz CT molecular complexity index is 1070. The summed E-state index contributed by atoms with van der Waals surface area (Å²) in [5.41, 5.74) is 1.94.